The Hall–Kier alpha value is -5.79. The lowest BCUT2D eigenvalue weighted by Gasteiger charge is -2.41. The van der Waals surface area contributed by atoms with Crippen LogP contribution in [0.25, 0.3) is 10.9 Å². The van der Waals surface area contributed by atoms with E-state index in [4.69, 9.17) is 31.4 Å². The SMILES string of the molecule is C#CCCC(=O)CCCCCNC(=O)OC(CCN(C)C(=O)CCCCC(=O)CCCOCCOc1nc(N(C)CC(N)=O)nc(N2CCN(P(=O)(CC(C)=O)N(C)C)CC2)n1)c1ccc2ccc(O)c(Br)c2n1. The summed E-state index contributed by atoms with van der Waals surface area (Å²) in [6.45, 7) is 4.13. The predicted octanol–water partition coefficient (Wildman–Crippen LogP) is 5.44. The van der Waals surface area contributed by atoms with Crippen molar-refractivity contribution < 1.29 is 52.6 Å². The molecule has 0 aliphatic carbocycles. The van der Waals surface area contributed by atoms with Gasteiger partial charge in [-0.2, -0.15) is 15.0 Å². The molecule has 406 valence electrons. The van der Waals surface area contributed by atoms with Crippen LogP contribution in [-0.2, 0) is 38.0 Å². The summed E-state index contributed by atoms with van der Waals surface area (Å²) in [6.07, 6.45) is 9.78. The third-order valence-electron chi connectivity index (χ3n) is 12.1. The Balaban J connectivity index is 1.17. The Labute approximate surface area is 442 Å². The topological polar surface area (TPSA) is 273 Å². The van der Waals surface area contributed by atoms with Crippen molar-refractivity contribution in [3.05, 3.63) is 34.4 Å². The number of aromatic nitrogens is 4. The highest BCUT2D eigenvalue weighted by molar-refractivity contribution is 9.10. The van der Waals surface area contributed by atoms with E-state index in [1.54, 1.807) is 56.0 Å². The Kier molecular flexibility index (Phi) is 25.6. The monoisotopic (exact) mass is 1110 g/mol. The molecule has 2 aromatic heterocycles. The number of ketones is 3. The molecule has 0 spiro atoms. The van der Waals surface area contributed by atoms with Crippen LogP contribution in [0.3, 0.4) is 0 Å². The second-order valence-corrected chi connectivity index (χ2v) is 22.2. The second-order valence-electron chi connectivity index (χ2n) is 18.3. The second kappa shape index (κ2) is 31.2. The first-order valence-corrected chi connectivity index (χ1v) is 27.6. The average Bonchev–Trinajstić information content (AvgIpc) is 3.36. The van der Waals surface area contributed by atoms with Gasteiger partial charge in [0, 0.05) is 110 Å². The maximum absolute atomic E-state index is 13.8. The normalized spacial score (nSPS) is 13.9. The fourth-order valence-electron chi connectivity index (χ4n) is 7.95. The number of likely N-dealkylation sites (N-methyl/N-ethyl adjacent to an activating group) is 1. The van der Waals surface area contributed by atoms with Crippen LogP contribution in [0.2, 0.25) is 0 Å². The number of fused-ring (bicyclic) bond motifs is 1. The number of nitrogens with zero attached hydrogens (tertiary/aromatic N) is 9. The van der Waals surface area contributed by atoms with Gasteiger partial charge in [-0.05, 0) is 87.3 Å². The molecular formula is C50H73BrN11O11P. The summed E-state index contributed by atoms with van der Waals surface area (Å²) in [6, 6.07) is 6.87. The number of aromatic hydroxyl groups is 1. The lowest BCUT2D eigenvalue weighted by molar-refractivity contribution is -0.130. The standard InChI is InChI=1S/C50H73BrN11O11P/c1-7-8-15-38(64)16-10-9-13-25-53-50(69)73-42(40-22-20-37-21-23-41(66)45(51)46(37)54-40)24-26-59(5)44(68)19-12-11-17-39(65)18-14-31-71-32-33-72-49-56-47(60(6)34-43(52)67)55-48(57-49)61-27-29-62(30-28-61)74(70,58(3)4)35-36(2)63/h1,20-23,42,66H,8-19,24-35H2,2-6H3,(H2,52,67)(H,53,69). The van der Waals surface area contributed by atoms with Gasteiger partial charge in [0.15, 0.2) is 0 Å². The maximum atomic E-state index is 13.8. The number of halogens is 1. The highest BCUT2D eigenvalue weighted by Crippen LogP contribution is 2.51. The first-order valence-electron chi connectivity index (χ1n) is 25.0. The third-order valence-corrected chi connectivity index (χ3v) is 16.3. The van der Waals surface area contributed by atoms with Crippen LogP contribution in [0, 0.1) is 12.3 Å². The van der Waals surface area contributed by atoms with Crippen LogP contribution in [0.5, 0.6) is 11.8 Å². The van der Waals surface area contributed by atoms with Crippen molar-refractivity contribution in [2.24, 2.45) is 5.73 Å². The molecule has 2 unspecified atom stereocenters. The van der Waals surface area contributed by atoms with Gasteiger partial charge in [0.2, 0.25) is 31.2 Å². The van der Waals surface area contributed by atoms with E-state index in [0.29, 0.717) is 125 Å². The number of amides is 3. The number of ether oxygens (including phenoxy) is 3. The van der Waals surface area contributed by atoms with Gasteiger partial charge in [-0.15, -0.1) is 12.3 Å². The number of phenolic OH excluding ortho intramolecular Hbond substituents is 1. The number of terminal acetylenes is 1. The van der Waals surface area contributed by atoms with Crippen LogP contribution >= 0.6 is 23.4 Å². The van der Waals surface area contributed by atoms with Crippen molar-refractivity contribution >= 4 is 81.4 Å². The van der Waals surface area contributed by atoms with Crippen LogP contribution in [0.15, 0.2) is 28.7 Å². The number of phenols is 1. The first-order chi connectivity index (χ1) is 35.3. The minimum Gasteiger partial charge on any atom is -0.507 e. The zero-order valence-electron chi connectivity index (χ0n) is 43.4. The summed E-state index contributed by atoms with van der Waals surface area (Å²) in [7, 11) is 3.63. The van der Waals surface area contributed by atoms with Crippen LogP contribution in [0.1, 0.15) is 102 Å². The van der Waals surface area contributed by atoms with Gasteiger partial charge in [-0.25, -0.2) is 19.1 Å². The van der Waals surface area contributed by atoms with E-state index in [1.807, 2.05) is 15.6 Å². The highest BCUT2D eigenvalue weighted by Gasteiger charge is 2.37. The van der Waals surface area contributed by atoms with Gasteiger partial charge in [0.1, 0.15) is 35.8 Å². The summed E-state index contributed by atoms with van der Waals surface area (Å²) >= 11 is 3.40. The van der Waals surface area contributed by atoms with Crippen molar-refractivity contribution in [2.75, 3.05) is 110 Å². The Morgan fingerprint density at radius 2 is 1.54 bits per heavy atom. The minimum atomic E-state index is -3.08. The number of carbonyl (C=O) groups excluding carboxylic acids is 6. The molecule has 0 saturated carbocycles. The molecule has 22 nitrogen and oxygen atoms in total. The van der Waals surface area contributed by atoms with Gasteiger partial charge >= 0.3 is 12.1 Å². The summed E-state index contributed by atoms with van der Waals surface area (Å²) in [5.41, 5.74) is 6.37. The number of hydrogen-bond donors (Lipinski definition) is 3. The number of nitrogens with one attached hydrogen (secondary N) is 1. The minimum absolute atomic E-state index is 0.0122. The van der Waals surface area contributed by atoms with Crippen molar-refractivity contribution in [2.45, 2.75) is 96.5 Å². The van der Waals surface area contributed by atoms with Gasteiger partial charge < -0.3 is 45.1 Å². The van der Waals surface area contributed by atoms with E-state index in [2.05, 4.69) is 42.1 Å². The molecule has 0 radical (unpaired) electrons. The van der Waals surface area contributed by atoms with Crippen molar-refractivity contribution in [1.82, 2.24) is 39.5 Å². The van der Waals surface area contributed by atoms with E-state index >= 15 is 0 Å². The first kappa shape index (κ1) is 60.8. The Bertz CT molecular complexity index is 2470. The molecule has 1 aliphatic rings. The van der Waals surface area contributed by atoms with Crippen LogP contribution in [-0.4, -0.2) is 175 Å². The number of piperazine rings is 1. The molecule has 3 aromatic rings. The maximum Gasteiger partial charge on any atom is 0.407 e. The number of rotatable bonds is 34. The van der Waals surface area contributed by atoms with E-state index in [1.165, 1.54) is 11.8 Å². The Morgan fingerprint density at radius 3 is 2.23 bits per heavy atom. The molecule has 0 bridgehead atoms. The fraction of sp³-hybridized carbons (Fsp3) is 0.600. The zero-order chi connectivity index (χ0) is 54.2. The van der Waals surface area contributed by atoms with Gasteiger partial charge in [-0.3, -0.25) is 28.5 Å². The van der Waals surface area contributed by atoms with E-state index in [9.17, 15) is 38.4 Å². The van der Waals surface area contributed by atoms with E-state index in [-0.39, 0.29) is 86.3 Å². The molecule has 74 heavy (non-hydrogen) atoms. The molecule has 1 aromatic carbocycles. The van der Waals surface area contributed by atoms with Gasteiger partial charge in [0.05, 0.1) is 35.0 Å². The number of anilines is 2. The number of carbonyl (C=O) groups is 6. The molecular weight excluding hydrogens is 1040 g/mol. The summed E-state index contributed by atoms with van der Waals surface area (Å²) in [5, 5.41) is 13.8. The number of alkyl carbamates (subject to hydrolysis) is 1. The summed E-state index contributed by atoms with van der Waals surface area (Å²) in [5.74, 6) is 2.31. The highest BCUT2D eigenvalue weighted by atomic mass is 79.9. The average molecular weight is 1120 g/mol. The van der Waals surface area contributed by atoms with Crippen molar-refractivity contribution in [3.63, 3.8) is 0 Å². The molecule has 2 atom stereocenters. The van der Waals surface area contributed by atoms with E-state index in [0.717, 1.165) is 11.8 Å². The largest absolute Gasteiger partial charge is 0.507 e. The van der Waals surface area contributed by atoms with Crippen molar-refractivity contribution in [1.29, 1.82) is 0 Å². The molecule has 3 amide bonds. The number of hydrogen-bond acceptors (Lipinski definition) is 17. The number of primary amides is 1. The number of unbranched alkanes of at least 4 members (excludes halogenated alkanes) is 3. The number of Topliss-reactive ketones (excluding diaryl/α,β-unsaturated/α-hetero) is 3. The number of benzene rings is 1. The van der Waals surface area contributed by atoms with Crippen LogP contribution < -0.4 is 25.6 Å². The Morgan fingerprint density at radius 1 is 0.865 bits per heavy atom. The smallest absolute Gasteiger partial charge is 0.407 e. The van der Waals surface area contributed by atoms with Crippen molar-refractivity contribution in [3.8, 4) is 24.1 Å². The molecule has 4 rings (SSSR count). The molecule has 1 saturated heterocycles. The van der Waals surface area contributed by atoms with E-state index < -0.39 is 25.5 Å². The quantitative estimate of drug-likeness (QED) is 0.0382. The lowest BCUT2D eigenvalue weighted by atomic mass is 10.1. The lowest BCUT2D eigenvalue weighted by Crippen LogP contribution is -2.47. The molecule has 1 aliphatic heterocycles. The summed E-state index contributed by atoms with van der Waals surface area (Å²) < 4.78 is 35.0. The molecule has 24 heteroatoms. The van der Waals surface area contributed by atoms with Gasteiger partial charge in [0.25, 0.3) is 0 Å². The fourth-order valence-corrected chi connectivity index (χ4v) is 10.8. The number of pyridine rings is 1. The zero-order valence-corrected chi connectivity index (χ0v) is 45.9. The molecule has 1 fully saturated rings. The van der Waals surface area contributed by atoms with Gasteiger partial charge in [-0.1, -0.05) is 12.5 Å². The molecule has 4 N–H and O–H groups in total. The van der Waals surface area contributed by atoms with Crippen LogP contribution in [0.4, 0.5) is 16.7 Å². The predicted molar refractivity (Wildman–Crippen MR) is 284 cm³/mol. The summed E-state index contributed by atoms with van der Waals surface area (Å²) in [4.78, 5) is 97.4. The number of nitrogens with two attached hydrogens (primary N) is 1. The molecule has 3 heterocycles. The third kappa shape index (κ3) is 20.1.